The maximum absolute atomic E-state index is 6.39. The third-order valence-corrected chi connectivity index (χ3v) is 8.49. The molecular weight excluding hydrogens is 598 g/mol. The molecular formula is C41H49N3O4. The van der Waals surface area contributed by atoms with Crippen LogP contribution in [-0.2, 0) is 0 Å². The number of unbranched alkanes of at least 4 members (excludes halogenated alkanes) is 2. The Balaban J connectivity index is 1.51. The SMILES string of the molecule is CCCCOc1cc(/C=C/c2cc(OC)c(N3CCCC3)cc2OC)c(OCCCC)cc1/C=C/c1ccnc(-c2cc(C)ccn2)c1. The van der Waals surface area contributed by atoms with Crippen molar-refractivity contribution in [3.05, 3.63) is 88.7 Å². The molecule has 2 aromatic carbocycles. The number of anilines is 1. The van der Waals surface area contributed by atoms with Gasteiger partial charge in [-0.3, -0.25) is 9.97 Å². The third kappa shape index (κ3) is 8.97. The van der Waals surface area contributed by atoms with Gasteiger partial charge in [0, 0.05) is 48.2 Å². The highest BCUT2D eigenvalue weighted by atomic mass is 16.5. The minimum atomic E-state index is 0.634. The lowest BCUT2D eigenvalue weighted by atomic mass is 10.0. The number of pyridine rings is 2. The smallest absolute Gasteiger partial charge is 0.143 e. The zero-order valence-corrected chi connectivity index (χ0v) is 29.1. The lowest BCUT2D eigenvalue weighted by molar-refractivity contribution is 0.300. The second-order valence-electron chi connectivity index (χ2n) is 12.2. The number of aryl methyl sites for hydroxylation is 1. The van der Waals surface area contributed by atoms with E-state index in [2.05, 4.69) is 96.3 Å². The summed E-state index contributed by atoms with van der Waals surface area (Å²) in [5.74, 6) is 3.27. The molecule has 4 aromatic rings. The number of ether oxygens (including phenoxy) is 4. The molecule has 252 valence electrons. The van der Waals surface area contributed by atoms with Gasteiger partial charge in [-0.2, -0.15) is 0 Å². The van der Waals surface area contributed by atoms with Crippen LogP contribution in [0.2, 0.25) is 0 Å². The molecule has 7 nitrogen and oxygen atoms in total. The highest BCUT2D eigenvalue weighted by Crippen LogP contribution is 2.39. The second kappa shape index (κ2) is 17.4. The van der Waals surface area contributed by atoms with Crippen LogP contribution in [-0.4, -0.2) is 50.5 Å². The van der Waals surface area contributed by atoms with E-state index in [4.69, 9.17) is 18.9 Å². The van der Waals surface area contributed by atoms with Gasteiger partial charge < -0.3 is 23.8 Å². The van der Waals surface area contributed by atoms with Crippen LogP contribution in [0.5, 0.6) is 23.0 Å². The monoisotopic (exact) mass is 647 g/mol. The Morgan fingerprint density at radius 1 is 0.646 bits per heavy atom. The Hall–Kier alpha value is -4.78. The summed E-state index contributed by atoms with van der Waals surface area (Å²) in [6.45, 7) is 9.73. The van der Waals surface area contributed by atoms with Crippen molar-refractivity contribution in [1.82, 2.24) is 9.97 Å². The fraction of sp³-hybridized carbons (Fsp3) is 0.366. The largest absolute Gasteiger partial charge is 0.496 e. The topological polar surface area (TPSA) is 65.9 Å². The van der Waals surface area contributed by atoms with Gasteiger partial charge in [-0.15, -0.1) is 0 Å². The molecule has 7 heteroatoms. The van der Waals surface area contributed by atoms with Crippen LogP contribution in [0.1, 0.15) is 80.2 Å². The summed E-state index contributed by atoms with van der Waals surface area (Å²) in [6, 6.07) is 16.4. The standard InChI is InChI=1S/C41H49N3O4/c1-6-8-22-47-39-27-34(15-14-32-28-41(46-5)37(29-38(32)45-4)44-20-10-11-21-44)40(48-23-9-7-2)26-33(39)13-12-31-17-19-43-36(25-31)35-24-30(3)16-18-42-35/h12-19,24-29H,6-11,20-23H2,1-5H3/b13-12+,15-14+. The van der Waals surface area contributed by atoms with Crippen LogP contribution in [0.4, 0.5) is 5.69 Å². The summed E-state index contributed by atoms with van der Waals surface area (Å²) in [4.78, 5) is 11.5. The van der Waals surface area contributed by atoms with Gasteiger partial charge >= 0.3 is 0 Å². The van der Waals surface area contributed by atoms with Crippen molar-refractivity contribution in [2.75, 3.05) is 45.4 Å². The molecule has 0 aliphatic carbocycles. The van der Waals surface area contributed by atoms with E-state index in [1.165, 1.54) is 12.8 Å². The van der Waals surface area contributed by atoms with E-state index in [-0.39, 0.29) is 0 Å². The molecule has 3 heterocycles. The van der Waals surface area contributed by atoms with Crippen LogP contribution in [0.15, 0.2) is 60.9 Å². The van der Waals surface area contributed by atoms with Crippen LogP contribution in [0.25, 0.3) is 35.7 Å². The van der Waals surface area contributed by atoms with E-state index in [0.29, 0.717) is 13.2 Å². The number of hydrogen-bond donors (Lipinski definition) is 0. The number of aromatic nitrogens is 2. The second-order valence-corrected chi connectivity index (χ2v) is 12.2. The van der Waals surface area contributed by atoms with Gasteiger partial charge in [0.05, 0.1) is 44.5 Å². The van der Waals surface area contributed by atoms with Crippen molar-refractivity contribution in [3.63, 3.8) is 0 Å². The molecule has 0 bridgehead atoms. The summed E-state index contributed by atoms with van der Waals surface area (Å²) in [7, 11) is 3.45. The predicted octanol–water partition coefficient (Wildman–Crippen LogP) is 9.77. The van der Waals surface area contributed by atoms with Gasteiger partial charge in [0.1, 0.15) is 23.0 Å². The van der Waals surface area contributed by atoms with E-state index in [0.717, 1.165) is 107 Å². The van der Waals surface area contributed by atoms with E-state index in [1.54, 1.807) is 14.2 Å². The summed E-state index contributed by atoms with van der Waals surface area (Å²) < 4.78 is 24.5. The Morgan fingerprint density at radius 2 is 1.19 bits per heavy atom. The van der Waals surface area contributed by atoms with Crippen LogP contribution in [0.3, 0.4) is 0 Å². The van der Waals surface area contributed by atoms with Crippen LogP contribution >= 0.6 is 0 Å². The van der Waals surface area contributed by atoms with Gasteiger partial charge in [0.2, 0.25) is 0 Å². The average molecular weight is 648 g/mol. The fourth-order valence-electron chi connectivity index (χ4n) is 5.73. The third-order valence-electron chi connectivity index (χ3n) is 8.49. The summed E-state index contributed by atoms with van der Waals surface area (Å²) in [5, 5.41) is 0. The van der Waals surface area contributed by atoms with Crippen molar-refractivity contribution in [3.8, 4) is 34.4 Å². The summed E-state index contributed by atoms with van der Waals surface area (Å²) in [5.41, 5.74) is 7.78. The first kappa shape index (κ1) is 34.6. The molecule has 2 aromatic heterocycles. The minimum absolute atomic E-state index is 0.634. The number of rotatable bonds is 16. The van der Waals surface area contributed by atoms with Gasteiger partial charge in [0.25, 0.3) is 0 Å². The molecule has 1 saturated heterocycles. The zero-order valence-electron chi connectivity index (χ0n) is 29.1. The van der Waals surface area contributed by atoms with E-state index in [1.807, 2.05) is 24.5 Å². The Kier molecular flexibility index (Phi) is 12.5. The van der Waals surface area contributed by atoms with E-state index in [9.17, 15) is 0 Å². The lowest BCUT2D eigenvalue weighted by Gasteiger charge is -2.22. The lowest BCUT2D eigenvalue weighted by Crippen LogP contribution is -2.18. The molecule has 1 aliphatic heterocycles. The first-order valence-corrected chi connectivity index (χ1v) is 17.2. The molecule has 0 amide bonds. The molecule has 0 saturated carbocycles. The number of methoxy groups -OCH3 is 2. The van der Waals surface area contributed by atoms with Gasteiger partial charge in [-0.05, 0) is 86.2 Å². The van der Waals surface area contributed by atoms with E-state index < -0.39 is 0 Å². The molecule has 0 unspecified atom stereocenters. The van der Waals surface area contributed by atoms with Gasteiger partial charge in [-0.1, -0.05) is 51.0 Å². The Labute approximate surface area is 286 Å². The maximum Gasteiger partial charge on any atom is 0.143 e. The molecule has 5 rings (SSSR count). The Morgan fingerprint density at radius 3 is 1.77 bits per heavy atom. The van der Waals surface area contributed by atoms with E-state index >= 15 is 0 Å². The predicted molar refractivity (Wildman–Crippen MR) is 198 cm³/mol. The molecule has 1 aliphatic rings. The fourth-order valence-corrected chi connectivity index (χ4v) is 5.73. The zero-order chi connectivity index (χ0) is 33.7. The Bertz CT molecular complexity index is 1710. The van der Waals surface area contributed by atoms with Crippen molar-refractivity contribution >= 4 is 30.0 Å². The summed E-state index contributed by atoms with van der Waals surface area (Å²) >= 11 is 0. The van der Waals surface area contributed by atoms with Gasteiger partial charge in [-0.25, -0.2) is 0 Å². The molecule has 1 fully saturated rings. The molecule has 0 radical (unpaired) electrons. The van der Waals surface area contributed by atoms with Gasteiger partial charge in [0.15, 0.2) is 0 Å². The van der Waals surface area contributed by atoms with Crippen LogP contribution < -0.4 is 23.8 Å². The molecule has 0 atom stereocenters. The van der Waals surface area contributed by atoms with Crippen molar-refractivity contribution in [2.45, 2.75) is 59.3 Å². The minimum Gasteiger partial charge on any atom is -0.496 e. The highest BCUT2D eigenvalue weighted by molar-refractivity contribution is 5.81. The molecule has 0 N–H and O–H groups in total. The van der Waals surface area contributed by atoms with Crippen molar-refractivity contribution < 1.29 is 18.9 Å². The summed E-state index contributed by atoms with van der Waals surface area (Å²) in [6.07, 6.45) is 18.4. The average Bonchev–Trinajstić information content (AvgIpc) is 3.65. The van der Waals surface area contributed by atoms with Crippen molar-refractivity contribution in [1.29, 1.82) is 0 Å². The first-order chi connectivity index (χ1) is 23.5. The molecule has 0 spiro atoms. The maximum atomic E-state index is 6.39. The quantitative estimate of drug-likeness (QED) is 0.0886. The molecule has 48 heavy (non-hydrogen) atoms. The highest BCUT2D eigenvalue weighted by Gasteiger charge is 2.19. The number of nitrogens with zero attached hydrogens (tertiary/aromatic N) is 3. The first-order valence-electron chi connectivity index (χ1n) is 17.2. The van der Waals surface area contributed by atoms with Crippen LogP contribution in [0, 0.1) is 6.92 Å². The number of hydrogen-bond acceptors (Lipinski definition) is 7. The number of benzene rings is 2. The normalized spacial score (nSPS) is 13.1. The van der Waals surface area contributed by atoms with Crippen molar-refractivity contribution in [2.24, 2.45) is 0 Å².